The van der Waals surface area contributed by atoms with Gasteiger partial charge in [0.05, 0.1) is 31.9 Å². The third-order valence-corrected chi connectivity index (χ3v) is 4.94. The molecule has 140 valence electrons. The van der Waals surface area contributed by atoms with Crippen LogP contribution in [0.3, 0.4) is 0 Å². The Hall–Kier alpha value is -2.11. The third kappa shape index (κ3) is 4.96. The van der Waals surface area contributed by atoms with Gasteiger partial charge in [0.15, 0.2) is 0 Å². The summed E-state index contributed by atoms with van der Waals surface area (Å²) in [7, 11) is 0. The average molecular weight is 359 g/mol. The van der Waals surface area contributed by atoms with E-state index < -0.39 is 6.10 Å². The normalized spacial score (nSPS) is 16.5. The molecule has 0 saturated carbocycles. The number of nitrogens with one attached hydrogen (secondary N) is 1. The van der Waals surface area contributed by atoms with Crippen LogP contribution in [0.5, 0.6) is 5.75 Å². The summed E-state index contributed by atoms with van der Waals surface area (Å²) in [5.74, 6) is 0.640. The molecule has 1 heterocycles. The lowest BCUT2D eigenvalue weighted by Crippen LogP contribution is -3.16. The number of quaternary nitrogens is 1. The van der Waals surface area contributed by atoms with Crippen LogP contribution in [0.2, 0.25) is 0 Å². The number of anilines is 1. The molecule has 1 aliphatic heterocycles. The van der Waals surface area contributed by atoms with Gasteiger partial charge in [0.25, 0.3) is 0 Å². The summed E-state index contributed by atoms with van der Waals surface area (Å²) in [5, 5.41) is 10.3. The summed E-state index contributed by atoms with van der Waals surface area (Å²) in [6.07, 6.45) is 0.464. The van der Waals surface area contributed by atoms with Crippen molar-refractivity contribution in [1.29, 1.82) is 0 Å². The summed E-state index contributed by atoms with van der Waals surface area (Å²) < 4.78 is 19.6. The Morgan fingerprint density at radius 3 is 2.65 bits per heavy atom. The van der Waals surface area contributed by atoms with Gasteiger partial charge in [-0.25, -0.2) is 4.39 Å². The Morgan fingerprint density at radius 1 is 1.15 bits per heavy atom. The smallest absolute Gasteiger partial charge is 0.146 e. The number of benzene rings is 2. The number of para-hydroxylation sites is 1. The summed E-state index contributed by atoms with van der Waals surface area (Å²) in [4.78, 5) is 3.41. The van der Waals surface area contributed by atoms with E-state index >= 15 is 0 Å². The molecule has 0 amide bonds. The number of aliphatic hydroxyl groups is 1. The molecular formula is C21H28FN2O2+. The number of aryl methyl sites for hydroxylation is 1. The van der Waals surface area contributed by atoms with E-state index in [0.717, 1.165) is 38.3 Å². The summed E-state index contributed by atoms with van der Waals surface area (Å²) in [5.41, 5.74) is 1.90. The van der Waals surface area contributed by atoms with Gasteiger partial charge in [-0.3, -0.25) is 0 Å². The standard InChI is InChI=1S/C21H27FN2O2/c1-2-17-6-5-7-19(14-17)26-16-18(25)15-23-10-12-24(13-11-23)21-9-4-3-8-20(21)22/h3-9,14,18,25H,2,10-13,15-16H2,1H3/p+1/t18-/m1/s1. The number of hydrogen-bond donors (Lipinski definition) is 2. The zero-order chi connectivity index (χ0) is 18.4. The van der Waals surface area contributed by atoms with Crippen LogP contribution >= 0.6 is 0 Å². The molecule has 1 atom stereocenters. The molecule has 1 aliphatic rings. The number of aliphatic hydroxyl groups excluding tert-OH is 1. The van der Waals surface area contributed by atoms with Gasteiger partial charge >= 0.3 is 0 Å². The number of halogens is 1. The second-order valence-corrected chi connectivity index (χ2v) is 6.86. The number of piperazine rings is 1. The zero-order valence-corrected chi connectivity index (χ0v) is 15.3. The molecule has 4 nitrogen and oxygen atoms in total. The number of rotatable bonds is 7. The van der Waals surface area contributed by atoms with Gasteiger partial charge in [0.1, 0.15) is 30.8 Å². The fourth-order valence-electron chi connectivity index (χ4n) is 3.42. The van der Waals surface area contributed by atoms with Crippen molar-refractivity contribution in [3.05, 3.63) is 59.9 Å². The Balaban J connectivity index is 1.43. The van der Waals surface area contributed by atoms with Crippen molar-refractivity contribution >= 4 is 5.69 Å². The van der Waals surface area contributed by atoms with Crippen LogP contribution in [0.25, 0.3) is 0 Å². The lowest BCUT2D eigenvalue weighted by Gasteiger charge is -2.34. The van der Waals surface area contributed by atoms with Crippen molar-refractivity contribution in [3.63, 3.8) is 0 Å². The van der Waals surface area contributed by atoms with Crippen molar-refractivity contribution in [2.24, 2.45) is 0 Å². The fraction of sp³-hybridized carbons (Fsp3) is 0.429. The van der Waals surface area contributed by atoms with Crippen LogP contribution in [-0.2, 0) is 6.42 Å². The van der Waals surface area contributed by atoms with Gasteiger partial charge in [-0.05, 0) is 36.2 Å². The van der Waals surface area contributed by atoms with Crippen LogP contribution in [0, 0.1) is 5.82 Å². The first-order valence-electron chi connectivity index (χ1n) is 9.38. The van der Waals surface area contributed by atoms with E-state index in [4.69, 9.17) is 4.74 Å². The lowest BCUT2D eigenvalue weighted by molar-refractivity contribution is -0.903. The monoisotopic (exact) mass is 359 g/mol. The molecule has 0 aromatic heterocycles. The fourth-order valence-corrected chi connectivity index (χ4v) is 3.42. The molecule has 3 rings (SSSR count). The van der Waals surface area contributed by atoms with Crippen LogP contribution in [-0.4, -0.2) is 50.5 Å². The van der Waals surface area contributed by atoms with E-state index in [1.165, 1.54) is 16.5 Å². The summed E-state index contributed by atoms with van der Waals surface area (Å²) >= 11 is 0. The van der Waals surface area contributed by atoms with Gasteiger partial charge in [-0.1, -0.05) is 31.2 Å². The van der Waals surface area contributed by atoms with Gasteiger partial charge in [0.2, 0.25) is 0 Å². The first kappa shape index (κ1) is 18.7. The van der Waals surface area contributed by atoms with E-state index in [1.807, 2.05) is 30.3 Å². The first-order chi connectivity index (χ1) is 12.7. The Labute approximate surface area is 154 Å². The molecular weight excluding hydrogens is 331 g/mol. The van der Waals surface area contributed by atoms with Gasteiger partial charge in [0, 0.05) is 0 Å². The Kier molecular flexibility index (Phi) is 6.47. The van der Waals surface area contributed by atoms with Crippen molar-refractivity contribution < 1.29 is 19.1 Å². The van der Waals surface area contributed by atoms with Crippen LogP contribution in [0.15, 0.2) is 48.5 Å². The highest BCUT2D eigenvalue weighted by Gasteiger charge is 2.24. The molecule has 0 bridgehead atoms. The van der Waals surface area contributed by atoms with Crippen LogP contribution < -0.4 is 14.5 Å². The molecule has 26 heavy (non-hydrogen) atoms. The van der Waals surface area contributed by atoms with Gasteiger partial charge in [-0.15, -0.1) is 0 Å². The molecule has 1 fully saturated rings. The van der Waals surface area contributed by atoms with E-state index in [1.54, 1.807) is 6.07 Å². The molecule has 0 radical (unpaired) electrons. The van der Waals surface area contributed by atoms with E-state index in [9.17, 15) is 9.50 Å². The number of hydrogen-bond acceptors (Lipinski definition) is 3. The minimum absolute atomic E-state index is 0.168. The van der Waals surface area contributed by atoms with E-state index in [-0.39, 0.29) is 5.82 Å². The lowest BCUT2D eigenvalue weighted by atomic mass is 10.2. The highest BCUT2D eigenvalue weighted by Crippen LogP contribution is 2.18. The SMILES string of the molecule is CCc1cccc(OC[C@H](O)C[NH+]2CCN(c3ccccc3F)CC2)c1. The molecule has 0 aliphatic carbocycles. The van der Waals surface area contributed by atoms with Crippen molar-refractivity contribution in [1.82, 2.24) is 0 Å². The molecule has 2 N–H and O–H groups in total. The Morgan fingerprint density at radius 2 is 1.92 bits per heavy atom. The molecule has 0 spiro atoms. The largest absolute Gasteiger partial charge is 0.491 e. The van der Waals surface area contributed by atoms with E-state index in [0.29, 0.717) is 18.8 Å². The predicted octanol–water partition coefficient (Wildman–Crippen LogP) is 1.53. The predicted molar refractivity (Wildman–Crippen MR) is 101 cm³/mol. The highest BCUT2D eigenvalue weighted by atomic mass is 19.1. The maximum atomic E-state index is 13.9. The maximum absolute atomic E-state index is 13.9. The number of ether oxygens (including phenoxy) is 1. The van der Waals surface area contributed by atoms with Crippen molar-refractivity contribution in [3.8, 4) is 5.75 Å². The quantitative estimate of drug-likeness (QED) is 0.787. The minimum atomic E-state index is -0.504. The van der Waals surface area contributed by atoms with Crippen molar-refractivity contribution in [2.45, 2.75) is 19.4 Å². The second-order valence-electron chi connectivity index (χ2n) is 6.86. The second kappa shape index (κ2) is 9.01. The molecule has 2 aromatic rings. The van der Waals surface area contributed by atoms with Crippen LogP contribution in [0.1, 0.15) is 12.5 Å². The third-order valence-electron chi connectivity index (χ3n) is 4.94. The van der Waals surface area contributed by atoms with Gasteiger partial charge < -0.3 is 19.6 Å². The summed E-state index contributed by atoms with van der Waals surface area (Å²) in [6.45, 7) is 6.42. The average Bonchev–Trinajstić information content (AvgIpc) is 2.68. The molecule has 0 unspecified atom stereocenters. The summed E-state index contributed by atoms with van der Waals surface area (Å²) in [6, 6.07) is 14.9. The first-order valence-corrected chi connectivity index (χ1v) is 9.38. The van der Waals surface area contributed by atoms with Gasteiger partial charge in [-0.2, -0.15) is 0 Å². The zero-order valence-electron chi connectivity index (χ0n) is 15.3. The van der Waals surface area contributed by atoms with E-state index in [2.05, 4.69) is 17.9 Å². The molecule has 5 heteroatoms. The number of nitrogens with zero attached hydrogens (tertiary/aromatic N) is 1. The minimum Gasteiger partial charge on any atom is -0.491 e. The van der Waals surface area contributed by atoms with Crippen molar-refractivity contribution in [2.75, 3.05) is 44.2 Å². The molecule has 2 aromatic carbocycles. The molecule has 1 saturated heterocycles. The topological polar surface area (TPSA) is 37.1 Å². The van der Waals surface area contributed by atoms with Crippen LogP contribution in [0.4, 0.5) is 10.1 Å². The maximum Gasteiger partial charge on any atom is 0.146 e. The Bertz CT molecular complexity index is 702. The highest BCUT2D eigenvalue weighted by molar-refractivity contribution is 5.47.